The number of hydrogen-bond acceptors (Lipinski definition) is 5. The Hall–Kier alpha value is -3.70. The second-order valence-electron chi connectivity index (χ2n) is 6.27. The Morgan fingerprint density at radius 1 is 1.23 bits per heavy atom. The summed E-state index contributed by atoms with van der Waals surface area (Å²) in [6.07, 6.45) is -4.89. The Bertz CT molecular complexity index is 994. The van der Waals surface area contributed by atoms with Gasteiger partial charge in [0, 0.05) is 12.1 Å². The molecule has 1 aliphatic rings. The Labute approximate surface area is 166 Å². The van der Waals surface area contributed by atoms with Crippen molar-refractivity contribution in [1.29, 1.82) is 0 Å². The van der Waals surface area contributed by atoms with E-state index in [1.165, 1.54) is 6.07 Å². The molecule has 1 atom stereocenters. The van der Waals surface area contributed by atoms with E-state index in [-0.39, 0.29) is 11.4 Å². The molecule has 0 aromatic heterocycles. The number of anilines is 1. The summed E-state index contributed by atoms with van der Waals surface area (Å²) >= 11 is 0. The quantitative estimate of drug-likeness (QED) is 0.449. The van der Waals surface area contributed by atoms with Crippen LogP contribution in [0, 0.1) is 15.9 Å². The predicted octanol–water partition coefficient (Wildman–Crippen LogP) is 2.88. The molecule has 0 saturated carbocycles. The molecule has 2 amide bonds. The minimum atomic E-state index is -4.89. The summed E-state index contributed by atoms with van der Waals surface area (Å²) < 4.78 is 58.4. The second kappa shape index (κ2) is 7.97. The van der Waals surface area contributed by atoms with Crippen LogP contribution in [0.2, 0.25) is 0 Å². The van der Waals surface area contributed by atoms with Crippen molar-refractivity contribution >= 4 is 23.2 Å². The van der Waals surface area contributed by atoms with Gasteiger partial charge in [0.25, 0.3) is 11.6 Å². The Morgan fingerprint density at radius 3 is 2.50 bits per heavy atom. The highest BCUT2D eigenvalue weighted by Gasteiger charge is 2.42. The highest BCUT2D eigenvalue weighted by Crippen LogP contribution is 2.36. The zero-order valence-electron chi connectivity index (χ0n) is 15.0. The fourth-order valence-electron chi connectivity index (χ4n) is 2.84. The highest BCUT2D eigenvalue weighted by atomic mass is 19.4. The van der Waals surface area contributed by atoms with Crippen LogP contribution in [0.15, 0.2) is 42.5 Å². The van der Waals surface area contributed by atoms with Crippen molar-refractivity contribution in [3.05, 3.63) is 64.0 Å². The zero-order valence-corrected chi connectivity index (χ0v) is 15.0. The van der Waals surface area contributed by atoms with Gasteiger partial charge >= 0.3 is 6.18 Å². The molecule has 0 saturated heterocycles. The van der Waals surface area contributed by atoms with Gasteiger partial charge in [-0.1, -0.05) is 12.1 Å². The molecule has 3 rings (SSSR count). The van der Waals surface area contributed by atoms with Crippen LogP contribution in [0.1, 0.15) is 11.6 Å². The monoisotopic (exact) mass is 427 g/mol. The van der Waals surface area contributed by atoms with E-state index < -0.39 is 59.2 Å². The third-order valence-corrected chi connectivity index (χ3v) is 4.23. The maximum absolute atomic E-state index is 13.4. The Morgan fingerprint density at radius 2 is 1.90 bits per heavy atom. The molecule has 2 aromatic carbocycles. The number of non-ortho nitro benzene ring substituents is 1. The van der Waals surface area contributed by atoms with Gasteiger partial charge in [0.15, 0.2) is 12.6 Å². The number of nitro benzene ring substituents is 1. The van der Waals surface area contributed by atoms with E-state index in [0.717, 1.165) is 41.3 Å². The van der Waals surface area contributed by atoms with Gasteiger partial charge in [-0.3, -0.25) is 24.6 Å². The van der Waals surface area contributed by atoms with Gasteiger partial charge in [-0.05, 0) is 23.8 Å². The lowest BCUT2D eigenvalue weighted by Crippen LogP contribution is -2.47. The van der Waals surface area contributed by atoms with Crippen LogP contribution in [0.3, 0.4) is 0 Å². The van der Waals surface area contributed by atoms with Crippen molar-refractivity contribution in [3.63, 3.8) is 0 Å². The first-order valence-electron chi connectivity index (χ1n) is 8.39. The van der Waals surface area contributed by atoms with E-state index in [1.54, 1.807) is 5.32 Å². The largest absolute Gasteiger partial charge is 0.482 e. The standard InChI is InChI=1S/C18H13F4N3O5/c19-11-3-1-10(2-4-11)17(18(20,21)22)23-15(26)8-24-13-7-12(25(28)29)5-6-14(13)30-9-16(24)27/h1-7,17H,8-9H2,(H,23,26). The molecule has 0 aliphatic carbocycles. The molecule has 1 unspecified atom stereocenters. The fourth-order valence-corrected chi connectivity index (χ4v) is 2.84. The van der Waals surface area contributed by atoms with Gasteiger partial charge in [0.2, 0.25) is 5.91 Å². The maximum Gasteiger partial charge on any atom is 0.412 e. The molecule has 0 bridgehead atoms. The van der Waals surface area contributed by atoms with E-state index in [1.807, 2.05) is 0 Å². The van der Waals surface area contributed by atoms with Crippen molar-refractivity contribution in [1.82, 2.24) is 5.32 Å². The number of rotatable bonds is 5. The van der Waals surface area contributed by atoms with Crippen molar-refractivity contribution in [3.8, 4) is 5.75 Å². The molecule has 30 heavy (non-hydrogen) atoms. The maximum atomic E-state index is 13.4. The molecule has 1 N–H and O–H groups in total. The SMILES string of the molecule is O=C(CN1C(=O)COc2ccc([N+](=O)[O-])cc21)NC(c1ccc(F)cc1)C(F)(F)F. The van der Waals surface area contributed by atoms with E-state index in [4.69, 9.17) is 4.74 Å². The van der Waals surface area contributed by atoms with Crippen molar-refractivity contribution < 1.29 is 36.8 Å². The van der Waals surface area contributed by atoms with Crippen LogP contribution in [0.5, 0.6) is 5.75 Å². The van der Waals surface area contributed by atoms with Crippen molar-refractivity contribution in [2.75, 3.05) is 18.1 Å². The summed E-state index contributed by atoms with van der Waals surface area (Å²) in [4.78, 5) is 35.5. The zero-order chi connectivity index (χ0) is 22.1. The Kier molecular flexibility index (Phi) is 5.58. The number of nitrogens with one attached hydrogen (secondary N) is 1. The van der Waals surface area contributed by atoms with Gasteiger partial charge in [-0.15, -0.1) is 0 Å². The van der Waals surface area contributed by atoms with E-state index in [2.05, 4.69) is 0 Å². The average molecular weight is 427 g/mol. The fraction of sp³-hybridized carbons (Fsp3) is 0.222. The molecular formula is C18H13F4N3O5. The van der Waals surface area contributed by atoms with E-state index >= 15 is 0 Å². The lowest BCUT2D eigenvalue weighted by molar-refractivity contribution is -0.384. The number of carbonyl (C=O) groups is 2. The van der Waals surface area contributed by atoms with E-state index in [9.17, 15) is 37.3 Å². The first-order chi connectivity index (χ1) is 14.1. The summed E-state index contributed by atoms with van der Waals surface area (Å²) in [6, 6.07) is 4.30. The van der Waals surface area contributed by atoms with Gasteiger partial charge in [0.05, 0.1) is 10.6 Å². The van der Waals surface area contributed by atoms with Gasteiger partial charge < -0.3 is 10.1 Å². The summed E-state index contributed by atoms with van der Waals surface area (Å²) in [5.41, 5.74) is -0.903. The first kappa shape index (κ1) is 21.0. The van der Waals surface area contributed by atoms with Crippen LogP contribution < -0.4 is 15.0 Å². The molecule has 12 heteroatoms. The summed E-state index contributed by atoms with van der Waals surface area (Å²) in [6.45, 7) is -1.32. The van der Waals surface area contributed by atoms with Crippen LogP contribution >= 0.6 is 0 Å². The number of benzene rings is 2. The van der Waals surface area contributed by atoms with Crippen molar-refractivity contribution in [2.24, 2.45) is 0 Å². The molecule has 1 aliphatic heterocycles. The van der Waals surface area contributed by atoms with Gasteiger partial charge in [-0.2, -0.15) is 13.2 Å². The number of halogens is 4. The molecule has 0 spiro atoms. The van der Waals surface area contributed by atoms with Crippen LogP contribution in [0.4, 0.5) is 28.9 Å². The summed E-state index contributed by atoms with van der Waals surface area (Å²) in [5, 5.41) is 12.7. The minimum Gasteiger partial charge on any atom is -0.482 e. The molecule has 158 valence electrons. The number of fused-ring (bicyclic) bond motifs is 1. The summed E-state index contributed by atoms with van der Waals surface area (Å²) in [5.74, 6) is -2.61. The third-order valence-electron chi connectivity index (χ3n) is 4.23. The number of nitro groups is 1. The van der Waals surface area contributed by atoms with Crippen LogP contribution in [0.25, 0.3) is 0 Å². The molecule has 0 fully saturated rings. The van der Waals surface area contributed by atoms with Crippen molar-refractivity contribution in [2.45, 2.75) is 12.2 Å². The van der Waals surface area contributed by atoms with Crippen LogP contribution in [-0.4, -0.2) is 36.1 Å². The number of hydrogen-bond donors (Lipinski definition) is 1. The lowest BCUT2D eigenvalue weighted by Gasteiger charge is -2.29. The number of carbonyl (C=O) groups excluding carboxylic acids is 2. The molecule has 2 aromatic rings. The topological polar surface area (TPSA) is 102 Å². The van der Waals surface area contributed by atoms with Crippen LogP contribution in [-0.2, 0) is 9.59 Å². The normalized spacial score (nSPS) is 14.5. The molecule has 0 radical (unpaired) electrons. The smallest absolute Gasteiger partial charge is 0.412 e. The molecule has 8 nitrogen and oxygen atoms in total. The molecule has 1 heterocycles. The first-order valence-corrected chi connectivity index (χ1v) is 8.39. The summed E-state index contributed by atoms with van der Waals surface area (Å²) in [7, 11) is 0. The predicted molar refractivity (Wildman–Crippen MR) is 94.3 cm³/mol. The molecular weight excluding hydrogens is 414 g/mol. The van der Waals surface area contributed by atoms with E-state index in [0.29, 0.717) is 0 Å². The average Bonchev–Trinajstić information content (AvgIpc) is 2.68. The Balaban J connectivity index is 1.84. The van der Waals surface area contributed by atoms with Gasteiger partial charge in [-0.25, -0.2) is 4.39 Å². The van der Waals surface area contributed by atoms with Gasteiger partial charge in [0.1, 0.15) is 18.1 Å². The number of alkyl halides is 3. The number of amides is 2. The number of nitrogens with zero attached hydrogens (tertiary/aromatic N) is 2. The third kappa shape index (κ3) is 4.47. The highest BCUT2D eigenvalue weighted by molar-refractivity contribution is 6.02. The lowest BCUT2D eigenvalue weighted by atomic mass is 10.1. The number of ether oxygens (including phenoxy) is 1. The minimum absolute atomic E-state index is 0.0684. The second-order valence-corrected chi connectivity index (χ2v) is 6.27.